The molecule has 0 radical (unpaired) electrons. The van der Waals surface area contributed by atoms with Crippen LogP contribution in [-0.4, -0.2) is 12.5 Å². The highest BCUT2D eigenvalue weighted by Gasteiger charge is 1.94. The number of rotatable bonds is 8. The lowest BCUT2D eigenvalue weighted by Crippen LogP contribution is -2.23. The summed E-state index contributed by atoms with van der Waals surface area (Å²) in [6, 6.07) is 10.1. The predicted molar refractivity (Wildman–Crippen MR) is 85.5 cm³/mol. The first kappa shape index (κ1) is 16.0. The topological polar surface area (TPSA) is 29.1 Å². The second-order valence-electron chi connectivity index (χ2n) is 4.49. The van der Waals surface area contributed by atoms with Crippen LogP contribution in [0.1, 0.15) is 25.3 Å². The maximum Gasteiger partial charge on any atom is 0.243 e. The number of amides is 1. The Morgan fingerprint density at radius 2 is 1.85 bits per heavy atom. The molecule has 1 aromatic rings. The molecule has 2 heteroatoms. The lowest BCUT2D eigenvalue weighted by atomic mass is 10.1. The molecule has 1 N–H and O–H groups in total. The normalized spacial score (nSPS) is 11.7. The third-order valence-corrected chi connectivity index (χ3v) is 2.73. The summed E-state index contributed by atoms with van der Waals surface area (Å²) in [5.41, 5.74) is 1.23. The molecule has 0 aromatic heterocycles. The van der Waals surface area contributed by atoms with E-state index in [1.54, 1.807) is 12.2 Å². The molecule has 1 aromatic carbocycles. The van der Waals surface area contributed by atoms with Gasteiger partial charge in [-0.25, -0.2) is 0 Å². The number of nitrogens with one attached hydrogen (secondary N) is 1. The second kappa shape index (κ2) is 10.8. The van der Waals surface area contributed by atoms with Crippen molar-refractivity contribution in [1.82, 2.24) is 5.32 Å². The van der Waals surface area contributed by atoms with E-state index >= 15 is 0 Å². The molecule has 0 heterocycles. The van der Waals surface area contributed by atoms with Crippen LogP contribution in [0.3, 0.4) is 0 Å². The molecule has 0 saturated heterocycles. The summed E-state index contributed by atoms with van der Waals surface area (Å²) >= 11 is 0. The summed E-state index contributed by atoms with van der Waals surface area (Å²) in [6.45, 7) is 2.81. The first-order chi connectivity index (χ1) is 9.83. The molecule has 0 aliphatic carbocycles. The summed E-state index contributed by atoms with van der Waals surface area (Å²) in [4.78, 5) is 11.5. The summed E-state index contributed by atoms with van der Waals surface area (Å²) in [7, 11) is 0. The Labute approximate surface area is 121 Å². The van der Waals surface area contributed by atoms with E-state index in [4.69, 9.17) is 0 Å². The molecule has 20 heavy (non-hydrogen) atoms. The van der Waals surface area contributed by atoms with Gasteiger partial charge in [-0.05, 0) is 18.4 Å². The van der Waals surface area contributed by atoms with Gasteiger partial charge in [0.25, 0.3) is 0 Å². The van der Waals surface area contributed by atoms with E-state index in [0.29, 0.717) is 6.54 Å². The van der Waals surface area contributed by atoms with Crippen LogP contribution in [0.5, 0.6) is 0 Å². The van der Waals surface area contributed by atoms with E-state index in [2.05, 4.69) is 30.4 Å². The van der Waals surface area contributed by atoms with Gasteiger partial charge in [0.1, 0.15) is 0 Å². The van der Waals surface area contributed by atoms with Crippen molar-refractivity contribution in [2.45, 2.75) is 26.2 Å². The van der Waals surface area contributed by atoms with Gasteiger partial charge >= 0.3 is 0 Å². The van der Waals surface area contributed by atoms with Crippen molar-refractivity contribution in [3.8, 4) is 0 Å². The lowest BCUT2D eigenvalue weighted by molar-refractivity contribution is -0.116. The molecule has 2 nitrogen and oxygen atoms in total. The molecule has 0 fully saturated rings. The van der Waals surface area contributed by atoms with Gasteiger partial charge in [-0.3, -0.25) is 4.79 Å². The molecule has 1 rings (SSSR count). The van der Waals surface area contributed by atoms with E-state index in [-0.39, 0.29) is 5.91 Å². The molecule has 0 saturated carbocycles. The first-order valence-corrected chi connectivity index (χ1v) is 7.14. The van der Waals surface area contributed by atoms with E-state index in [9.17, 15) is 4.79 Å². The molecular weight excluding hydrogens is 246 g/mol. The number of hydrogen-bond acceptors (Lipinski definition) is 1. The Bertz CT molecular complexity index is 458. The molecule has 106 valence electrons. The second-order valence-corrected chi connectivity index (χ2v) is 4.49. The van der Waals surface area contributed by atoms with Gasteiger partial charge in [0.2, 0.25) is 5.91 Å². The number of carbonyl (C=O) groups excluding carboxylic acids is 1. The molecule has 0 spiro atoms. The highest BCUT2D eigenvalue weighted by Crippen LogP contribution is 1.98. The van der Waals surface area contributed by atoms with Crippen molar-refractivity contribution >= 4 is 5.91 Å². The van der Waals surface area contributed by atoms with Gasteiger partial charge in [-0.15, -0.1) is 0 Å². The summed E-state index contributed by atoms with van der Waals surface area (Å²) in [5.74, 6) is -0.0527. The Morgan fingerprint density at radius 1 is 1.10 bits per heavy atom. The lowest BCUT2D eigenvalue weighted by Gasteiger charge is -2.01. The van der Waals surface area contributed by atoms with Crippen LogP contribution in [0.2, 0.25) is 0 Å². The molecule has 0 aliphatic heterocycles. The fourth-order valence-electron chi connectivity index (χ4n) is 1.65. The Balaban J connectivity index is 2.17. The Hall–Kier alpha value is -2.09. The van der Waals surface area contributed by atoms with Crippen molar-refractivity contribution in [1.29, 1.82) is 0 Å². The number of benzene rings is 1. The van der Waals surface area contributed by atoms with Crippen molar-refractivity contribution < 1.29 is 4.79 Å². The van der Waals surface area contributed by atoms with Crippen molar-refractivity contribution in [3.05, 3.63) is 72.4 Å². The molecule has 0 unspecified atom stereocenters. The van der Waals surface area contributed by atoms with Crippen LogP contribution >= 0.6 is 0 Å². The average Bonchev–Trinajstić information content (AvgIpc) is 2.47. The first-order valence-electron chi connectivity index (χ1n) is 7.14. The average molecular weight is 269 g/mol. The van der Waals surface area contributed by atoms with Gasteiger partial charge in [0, 0.05) is 12.6 Å². The number of allylic oxidation sites excluding steroid dienone is 5. The number of unbranched alkanes of at least 4 members (excludes halogenated alkanes) is 1. The van der Waals surface area contributed by atoms with E-state index in [1.807, 2.05) is 36.4 Å². The molecule has 1 amide bonds. The zero-order valence-electron chi connectivity index (χ0n) is 12.1. The minimum atomic E-state index is -0.0527. The zero-order valence-corrected chi connectivity index (χ0v) is 12.1. The largest absolute Gasteiger partial charge is 0.352 e. The van der Waals surface area contributed by atoms with Crippen LogP contribution in [0.4, 0.5) is 0 Å². The van der Waals surface area contributed by atoms with E-state index < -0.39 is 0 Å². The van der Waals surface area contributed by atoms with E-state index in [1.165, 1.54) is 5.56 Å². The Kier molecular flexibility index (Phi) is 8.62. The highest BCUT2D eigenvalue weighted by molar-refractivity contribution is 5.87. The molecule has 0 atom stereocenters. The summed E-state index contributed by atoms with van der Waals surface area (Å²) in [5, 5.41) is 2.86. The number of carbonyl (C=O) groups is 1. The summed E-state index contributed by atoms with van der Waals surface area (Å²) < 4.78 is 0. The minimum absolute atomic E-state index is 0.0527. The van der Waals surface area contributed by atoms with Crippen LogP contribution in [0.15, 0.2) is 66.8 Å². The van der Waals surface area contributed by atoms with Crippen LogP contribution in [0, 0.1) is 0 Å². The summed E-state index contributed by atoms with van der Waals surface area (Å²) in [6.07, 6.45) is 14.3. The van der Waals surface area contributed by atoms with Crippen LogP contribution in [0.25, 0.3) is 0 Å². The smallest absolute Gasteiger partial charge is 0.243 e. The van der Waals surface area contributed by atoms with Gasteiger partial charge in [0.05, 0.1) is 0 Å². The standard InChI is InChI=1S/C18H23NO/c1-2-3-4-5-6-7-11-14-18(20)19-16-15-17-12-9-8-10-13-17/h4-14H,2-3,15-16H2,1H3,(H,19,20). The fraction of sp³-hybridized carbons (Fsp3) is 0.278. The third-order valence-electron chi connectivity index (χ3n) is 2.73. The van der Waals surface area contributed by atoms with Gasteiger partial charge < -0.3 is 5.32 Å². The highest BCUT2D eigenvalue weighted by atomic mass is 16.1. The molecular formula is C18H23NO. The fourth-order valence-corrected chi connectivity index (χ4v) is 1.65. The maximum atomic E-state index is 11.5. The van der Waals surface area contributed by atoms with Crippen LogP contribution in [-0.2, 0) is 11.2 Å². The minimum Gasteiger partial charge on any atom is -0.352 e. The van der Waals surface area contributed by atoms with Gasteiger partial charge in [-0.1, -0.05) is 74.1 Å². The van der Waals surface area contributed by atoms with E-state index in [0.717, 1.165) is 19.3 Å². The molecule has 0 aliphatic rings. The maximum absolute atomic E-state index is 11.5. The van der Waals surface area contributed by atoms with Crippen LogP contribution < -0.4 is 5.32 Å². The SMILES string of the molecule is CCCC=CC=CC=CC(=O)NCCc1ccccc1. The third kappa shape index (κ3) is 8.09. The Morgan fingerprint density at radius 3 is 2.60 bits per heavy atom. The van der Waals surface area contributed by atoms with Gasteiger partial charge in [0.15, 0.2) is 0 Å². The van der Waals surface area contributed by atoms with Crippen molar-refractivity contribution in [2.75, 3.05) is 6.54 Å². The monoisotopic (exact) mass is 269 g/mol. The number of hydrogen-bond donors (Lipinski definition) is 1. The predicted octanol–water partition coefficient (Wildman–Crippen LogP) is 3.81. The molecule has 0 bridgehead atoms. The van der Waals surface area contributed by atoms with Crippen molar-refractivity contribution in [3.63, 3.8) is 0 Å². The van der Waals surface area contributed by atoms with Gasteiger partial charge in [-0.2, -0.15) is 0 Å². The zero-order chi connectivity index (χ0) is 14.5. The quantitative estimate of drug-likeness (QED) is 0.564. The van der Waals surface area contributed by atoms with Crippen molar-refractivity contribution in [2.24, 2.45) is 0 Å².